The Labute approximate surface area is 802 Å². The quantitative estimate of drug-likeness (QED) is 0.135. The fourth-order valence-corrected chi connectivity index (χ4v) is 14.6. The Bertz CT molecular complexity index is 12900. The van der Waals surface area contributed by atoms with Gasteiger partial charge in [0, 0.05) is 32.3 Å². The van der Waals surface area contributed by atoms with Crippen LogP contribution in [0.25, 0.3) is 241 Å². The molecule has 0 saturated heterocycles. The van der Waals surface area contributed by atoms with E-state index in [9.17, 15) is 30.2 Å². The summed E-state index contributed by atoms with van der Waals surface area (Å²) in [5.41, 5.74) is -16.9. The molecule has 0 radical (unpaired) electrons. The second-order valence-electron chi connectivity index (χ2n) is 25.8. The second kappa shape index (κ2) is 29.7. The molecule has 0 aliphatic heterocycles. The van der Waals surface area contributed by atoms with Crippen molar-refractivity contribution in [2.75, 3.05) is 0 Å². The van der Waals surface area contributed by atoms with Crippen molar-refractivity contribution < 1.29 is 115 Å². The summed E-state index contributed by atoms with van der Waals surface area (Å²) < 4.78 is 675. The van der Waals surface area contributed by atoms with Gasteiger partial charge in [-0.05, 0) is 218 Å². The zero-order valence-electron chi connectivity index (χ0n) is 134. The Morgan fingerprint density at radius 2 is 0.355 bits per heavy atom. The van der Waals surface area contributed by atoms with E-state index in [1.165, 1.54) is 0 Å². The smallest absolute Gasteiger partial charge is 0.136 e. The summed E-state index contributed by atoms with van der Waals surface area (Å²) in [4.78, 5) is 0. The van der Waals surface area contributed by atoms with Gasteiger partial charge in [-0.2, -0.15) is 0 Å². The first kappa shape index (κ1) is 28.1. The highest BCUT2D eigenvalue weighted by Crippen LogP contribution is 2.53. The van der Waals surface area contributed by atoms with E-state index in [1.807, 2.05) is 0 Å². The number of hydrogen-bond acceptors (Lipinski definition) is 3. The van der Waals surface area contributed by atoms with Gasteiger partial charge in [0.05, 0.1) is 101 Å². The lowest BCUT2D eigenvalue weighted by Gasteiger charge is -2.20. The van der Waals surface area contributed by atoms with Crippen molar-refractivity contribution in [1.29, 1.82) is 0 Å². The first-order chi connectivity index (χ1) is 90.8. The normalized spacial score (nSPS) is 20.2. The topological polar surface area (TPSA) is 39.4 Å². The summed E-state index contributed by atoms with van der Waals surface area (Å²) in [5, 5.41) is -12.4. The number of hydrogen-bond donors (Lipinski definition) is 0. The highest BCUT2D eigenvalue weighted by molar-refractivity contribution is 6.30. The number of rotatable bonds is 9. The largest absolute Gasteiger partial charge is 0.456 e. The molecular formula is C118H74O3. The maximum atomic E-state index is 9.52. The molecule has 22 aromatic carbocycles. The SMILES string of the molecule is [2H]c1c([2H])c([2H])c(-c2c([2H])c([2H])c(-c3c([2H])c([2H])c([2H])c([2H])c3-c3c4c([2H])c([2H])c([2H])c([2H])c4c(-c4c([2H])c([2H])c([2H])c5oc6c([2H])c([2H])c([2H])c([2H])c6c45)c4c([2H])c([2H])c([2H])c([2H])c34)c([2H])c2[2H])c([2H])c1[2H].[2H]c1c([2H])c([2H])c(-c2c([2H])c([2H])c([2H])c([2H])c2-c2c3c([2H])c([2H])c([2H])c([2H])c3c(-c3c([2H])c([2H])c([2H])c4oc5c([2H])c([2H])c([2H])c([2H])c5c34)c3c([2H])c([2H])c([2H])c([2H])c23)c([2H])c1[2H].[2H]c1c([2H])c([2H])c2c(oc3c([2H])c([2H])c([2H])c(-c4c5c([2H])c([2H])c([2H])c([2H])c5c(-c5c([2H])c([2H])c6c([2H])c([2H])c([2H])c([2H])c6c5[2H])c5c([2H])c([2H])c([2H])c([2H])c45)c32)c1[2H]. The van der Waals surface area contributed by atoms with Crippen LogP contribution in [0.4, 0.5) is 0 Å². The monoisotopic (exact) mass is 1610 g/mol. The lowest BCUT2D eigenvalue weighted by atomic mass is 9.83. The molecule has 0 aliphatic carbocycles. The van der Waals surface area contributed by atoms with Gasteiger partial charge in [0.15, 0.2) is 0 Å². The predicted molar refractivity (Wildman–Crippen MR) is 513 cm³/mol. The molecule has 0 amide bonds. The summed E-state index contributed by atoms with van der Waals surface area (Å²) in [5.74, 6) is 0. The molecule has 0 spiro atoms. The molecule has 25 aromatic rings. The molecule has 0 fully saturated rings. The van der Waals surface area contributed by atoms with Crippen LogP contribution in [0.5, 0.6) is 0 Å². The van der Waals surface area contributed by atoms with Gasteiger partial charge in [-0.1, -0.05) is 405 Å². The average Bonchev–Trinajstić information content (AvgIpc) is 1.68. The van der Waals surface area contributed by atoms with Crippen LogP contribution in [0.15, 0.2) is 460 Å². The molecule has 0 unspecified atom stereocenters. The summed E-state index contributed by atoms with van der Waals surface area (Å²) in [6.45, 7) is 0. The second-order valence-corrected chi connectivity index (χ2v) is 25.8. The minimum absolute atomic E-state index is 0.417. The Morgan fingerprint density at radius 1 is 0.132 bits per heavy atom. The van der Waals surface area contributed by atoms with E-state index in [2.05, 4.69) is 0 Å². The summed E-state index contributed by atoms with van der Waals surface area (Å²) in [6.07, 6.45) is 0. The molecule has 0 bridgehead atoms. The van der Waals surface area contributed by atoms with E-state index < -0.39 is 689 Å². The number of para-hydroxylation sites is 3. The average molecular weight is 1610 g/mol. The minimum atomic E-state index is -1.13. The van der Waals surface area contributed by atoms with Crippen molar-refractivity contribution in [1.82, 2.24) is 0 Å². The van der Waals surface area contributed by atoms with Gasteiger partial charge >= 0.3 is 0 Å². The number of fused-ring (bicyclic) bond motifs is 16. The Morgan fingerprint density at radius 3 is 0.711 bits per heavy atom. The van der Waals surface area contributed by atoms with Crippen LogP contribution in [0.2, 0.25) is 0 Å². The first-order valence-corrected chi connectivity index (χ1v) is 35.5. The molecule has 3 heterocycles. The van der Waals surface area contributed by atoms with Crippen LogP contribution in [0, 0.1) is 0 Å². The highest BCUT2D eigenvalue weighted by Gasteiger charge is 2.26. The number of furan rings is 3. The van der Waals surface area contributed by atoms with Crippen molar-refractivity contribution in [2.24, 2.45) is 0 Å². The third-order valence-corrected chi connectivity index (χ3v) is 19.5. The maximum Gasteiger partial charge on any atom is 0.136 e. The zero-order valence-corrected chi connectivity index (χ0v) is 60.2. The van der Waals surface area contributed by atoms with E-state index in [4.69, 9.17) is 84.5 Å². The zero-order chi connectivity index (χ0) is 144. The van der Waals surface area contributed by atoms with Crippen molar-refractivity contribution in [3.8, 4) is 100 Å². The summed E-state index contributed by atoms with van der Waals surface area (Å²) in [7, 11) is 0. The molecule has 25 rings (SSSR count). The van der Waals surface area contributed by atoms with E-state index in [0.717, 1.165) is 0 Å². The van der Waals surface area contributed by atoms with Gasteiger partial charge in [-0.25, -0.2) is 0 Å². The van der Waals surface area contributed by atoms with Crippen LogP contribution in [-0.2, 0) is 0 Å². The van der Waals surface area contributed by atoms with E-state index in [1.54, 1.807) is 0 Å². The van der Waals surface area contributed by atoms with Crippen molar-refractivity contribution in [2.45, 2.75) is 0 Å². The lowest BCUT2D eigenvalue weighted by Crippen LogP contribution is -1.93. The van der Waals surface area contributed by atoms with Crippen molar-refractivity contribution >= 4 is 141 Å². The first-order valence-electron chi connectivity index (χ1n) is 72.5. The van der Waals surface area contributed by atoms with Gasteiger partial charge < -0.3 is 13.3 Å². The summed E-state index contributed by atoms with van der Waals surface area (Å²) >= 11 is 0. The van der Waals surface area contributed by atoms with Gasteiger partial charge in [0.2, 0.25) is 0 Å². The van der Waals surface area contributed by atoms with E-state index >= 15 is 0 Å². The standard InChI is InChI=1S/C44H28O.C38H24O.C36H22O/c1-2-13-29(14-3-1)30-25-27-31(28-26-30)32-15-4-5-16-33(32)42-34-17-6-8-19-36(34)43(37-20-9-7-18-35(37)42)39-22-12-24-41-44(39)38-21-10-11-23-40(38)45-41;1-2-13-25(14-3-1)26-15-4-5-16-27(26)36-28-17-6-8-19-30(28)37(31-20-9-7-18-29(31)36)33-22-12-24-35-38(33)32-21-10-11-23-34(32)39-35;1-2-11-24-22-25(21-20-23(24)10-1)34-26-12-3-5-14-28(26)35(29-15-6-4-13-27(29)34)31-17-9-19-33-36(31)30-16-7-8-18-32(30)37-33/h1-28H;1-24H;1-22H/i1D,2D,3D,4D,5D,6D,7D,8D,9D,10D,11D,12D,13D,14D,15D,16D,17D,18D,19D,20D,21D,22D,23D,24D,25D,26D,27D,28D;1D,2D,3D,4D,5D,6D,7D,8D,9D,10D,11D,12D,13D,14D,15D,16D,17D,18D,19D,20D,21D,22D,23D,24D;1D,2D,3D,4D,5D,6D,7D,8D,9D,10D,11D,12D,13D,14D,15D,16D,17D,18D,19D,20D,21D,22D. The predicted octanol–water partition coefficient (Wildman–Crippen LogP) is 33.8. The van der Waals surface area contributed by atoms with Gasteiger partial charge in [-0.15, -0.1) is 0 Å². The highest BCUT2D eigenvalue weighted by atomic mass is 16.3. The van der Waals surface area contributed by atoms with Crippen molar-refractivity contribution in [3.05, 3.63) is 447 Å². The fraction of sp³-hybridized carbons (Fsp3) is 0. The molecule has 3 nitrogen and oxygen atoms in total. The van der Waals surface area contributed by atoms with E-state index in [-0.39, 0.29) is 0 Å². The molecule has 0 aliphatic rings. The van der Waals surface area contributed by atoms with Gasteiger partial charge in [-0.3, -0.25) is 0 Å². The van der Waals surface area contributed by atoms with Crippen LogP contribution in [0.3, 0.4) is 0 Å². The molecular weight excluding hydrogens is 1470 g/mol. The third-order valence-electron chi connectivity index (χ3n) is 19.5. The van der Waals surface area contributed by atoms with Crippen molar-refractivity contribution in [3.63, 3.8) is 0 Å². The van der Waals surface area contributed by atoms with Crippen LogP contribution in [-0.4, -0.2) is 0 Å². The molecule has 3 aromatic heterocycles. The van der Waals surface area contributed by atoms with Crippen LogP contribution in [0.1, 0.15) is 101 Å². The molecule has 0 N–H and O–H groups in total. The molecule has 3 heteroatoms. The van der Waals surface area contributed by atoms with Crippen LogP contribution >= 0.6 is 0 Å². The number of benzene rings is 22. The molecule has 0 saturated carbocycles. The lowest BCUT2D eigenvalue weighted by molar-refractivity contribution is 0.668. The van der Waals surface area contributed by atoms with Gasteiger partial charge in [0.1, 0.15) is 33.5 Å². The molecule has 0 atom stereocenters. The molecule has 564 valence electrons. The molecule has 121 heavy (non-hydrogen) atoms. The minimum Gasteiger partial charge on any atom is -0.456 e. The Kier molecular flexibility index (Phi) is 6.90. The Balaban J connectivity index is 0.000000152. The van der Waals surface area contributed by atoms with Gasteiger partial charge in [0.25, 0.3) is 0 Å². The van der Waals surface area contributed by atoms with Crippen LogP contribution < -0.4 is 0 Å². The summed E-state index contributed by atoms with van der Waals surface area (Å²) in [6, 6.07) is -68.1. The van der Waals surface area contributed by atoms with E-state index in [0.29, 0.717) is 0 Å². The fourth-order valence-electron chi connectivity index (χ4n) is 14.6. The Hall–Kier alpha value is -15.9. The maximum absolute atomic E-state index is 9.52. The third kappa shape index (κ3) is 12.0.